The summed E-state index contributed by atoms with van der Waals surface area (Å²) >= 11 is 0. The minimum Gasteiger partial charge on any atom is -0.305 e. The Balaban J connectivity index is 0.000000189. The van der Waals surface area contributed by atoms with Crippen LogP contribution in [0.1, 0.15) is 5.56 Å². The van der Waals surface area contributed by atoms with Crippen LogP contribution in [0.3, 0.4) is 0 Å². The molecular weight excluding hydrogens is 508 g/mol. The van der Waals surface area contributed by atoms with E-state index in [4.69, 9.17) is 0 Å². The fraction of sp³-hybridized carbons (Fsp3) is 0. The van der Waals surface area contributed by atoms with Gasteiger partial charge in [-0.1, -0.05) is 24.3 Å². The van der Waals surface area contributed by atoms with E-state index in [1.165, 1.54) is 0 Å². The number of hydrogen-bond acceptors (Lipinski definition) is 2. The van der Waals surface area contributed by atoms with Crippen molar-refractivity contribution < 1.29 is 20.1 Å². The average Bonchev–Trinajstić information content (AvgIpc) is 2.76. The number of nitrogens with zero attached hydrogens (tertiary/aromatic N) is 2. The minimum absolute atomic E-state index is 0. The molecular formula is C24H18IrN2-2. The molecule has 3 heteroatoms. The molecule has 0 N–H and O–H groups in total. The summed E-state index contributed by atoms with van der Waals surface area (Å²) in [6.07, 6.45) is 5.37. The van der Waals surface area contributed by atoms with E-state index in [2.05, 4.69) is 28.7 Å². The van der Waals surface area contributed by atoms with E-state index in [9.17, 15) is 0 Å². The Morgan fingerprint density at radius 3 is 1.78 bits per heavy atom. The summed E-state index contributed by atoms with van der Waals surface area (Å²) in [5.41, 5.74) is 5.04. The topological polar surface area (TPSA) is 25.8 Å². The molecule has 27 heavy (non-hydrogen) atoms. The van der Waals surface area contributed by atoms with Gasteiger partial charge in [0.25, 0.3) is 0 Å². The molecule has 0 fully saturated rings. The van der Waals surface area contributed by atoms with Crippen molar-refractivity contribution in [2.75, 3.05) is 0 Å². The van der Waals surface area contributed by atoms with Crippen LogP contribution < -0.4 is 0 Å². The Bertz CT molecular complexity index is 885. The monoisotopic (exact) mass is 527 g/mol. The van der Waals surface area contributed by atoms with Gasteiger partial charge in [-0.05, 0) is 23.5 Å². The summed E-state index contributed by atoms with van der Waals surface area (Å²) in [6.45, 7) is 3.70. The Morgan fingerprint density at radius 1 is 0.704 bits per heavy atom. The van der Waals surface area contributed by atoms with Gasteiger partial charge in [-0.2, -0.15) is 0 Å². The van der Waals surface area contributed by atoms with Gasteiger partial charge in [0, 0.05) is 32.5 Å². The summed E-state index contributed by atoms with van der Waals surface area (Å²) in [5.74, 6) is 0. The molecule has 2 heterocycles. The molecule has 0 aliphatic heterocycles. The molecule has 0 spiro atoms. The van der Waals surface area contributed by atoms with E-state index in [0.29, 0.717) is 0 Å². The molecule has 0 saturated carbocycles. The number of aromatic nitrogens is 2. The van der Waals surface area contributed by atoms with E-state index in [1.54, 1.807) is 18.5 Å². The van der Waals surface area contributed by atoms with Crippen LogP contribution in [0.4, 0.5) is 0 Å². The molecule has 0 unspecified atom stereocenters. The molecule has 2 nitrogen and oxygen atoms in total. The number of pyridine rings is 2. The fourth-order valence-electron chi connectivity index (χ4n) is 2.32. The Morgan fingerprint density at radius 2 is 1.33 bits per heavy atom. The van der Waals surface area contributed by atoms with Gasteiger partial charge in [-0.25, -0.2) is 0 Å². The maximum absolute atomic E-state index is 4.25. The minimum atomic E-state index is 0. The van der Waals surface area contributed by atoms with Crippen molar-refractivity contribution in [1.82, 2.24) is 9.97 Å². The van der Waals surface area contributed by atoms with Gasteiger partial charge in [-0.15, -0.1) is 83.9 Å². The maximum Gasteiger partial charge on any atom is 0.0160 e. The summed E-state index contributed by atoms with van der Waals surface area (Å²) in [7, 11) is 0. The van der Waals surface area contributed by atoms with Crippen molar-refractivity contribution in [2.45, 2.75) is 0 Å². The van der Waals surface area contributed by atoms with E-state index >= 15 is 0 Å². The van der Waals surface area contributed by atoms with Gasteiger partial charge < -0.3 is 9.97 Å². The van der Waals surface area contributed by atoms with E-state index < -0.39 is 0 Å². The van der Waals surface area contributed by atoms with Gasteiger partial charge in [0.2, 0.25) is 0 Å². The van der Waals surface area contributed by atoms with Crippen molar-refractivity contribution in [3.63, 3.8) is 0 Å². The van der Waals surface area contributed by atoms with E-state index in [0.717, 1.165) is 28.1 Å². The summed E-state index contributed by atoms with van der Waals surface area (Å²) in [4.78, 5) is 8.47. The first-order chi connectivity index (χ1) is 12.9. The number of rotatable bonds is 3. The van der Waals surface area contributed by atoms with Crippen LogP contribution in [-0.2, 0) is 20.1 Å². The Labute approximate surface area is 174 Å². The largest absolute Gasteiger partial charge is 0.305 e. The molecule has 0 amide bonds. The fourth-order valence-corrected chi connectivity index (χ4v) is 2.32. The molecule has 135 valence electrons. The SMILES string of the molecule is C=Cc1c[c-]c(-c2ccccn2)cc1.[Ir].[c-]1ccccc1-c1ccccn1. The first-order valence-electron chi connectivity index (χ1n) is 8.30. The van der Waals surface area contributed by atoms with E-state index in [1.807, 2.05) is 78.9 Å². The second-order valence-corrected chi connectivity index (χ2v) is 5.45. The van der Waals surface area contributed by atoms with Crippen molar-refractivity contribution in [2.24, 2.45) is 0 Å². The third-order valence-corrected chi connectivity index (χ3v) is 3.66. The molecule has 0 saturated heterocycles. The van der Waals surface area contributed by atoms with Gasteiger partial charge in [-0.3, -0.25) is 0 Å². The molecule has 2 aromatic carbocycles. The molecule has 4 rings (SSSR count). The van der Waals surface area contributed by atoms with Crippen molar-refractivity contribution in [3.8, 4) is 22.5 Å². The first-order valence-corrected chi connectivity index (χ1v) is 8.30. The second kappa shape index (κ2) is 11.0. The van der Waals surface area contributed by atoms with Crippen LogP contribution in [-0.4, -0.2) is 9.97 Å². The average molecular weight is 527 g/mol. The molecule has 4 aromatic rings. The normalized spacial score (nSPS) is 9.33. The predicted octanol–water partition coefficient (Wildman–Crippen LogP) is 5.74. The number of hydrogen-bond donors (Lipinski definition) is 0. The molecule has 0 aliphatic rings. The van der Waals surface area contributed by atoms with Gasteiger partial charge >= 0.3 is 0 Å². The van der Waals surface area contributed by atoms with Crippen LogP contribution in [0.25, 0.3) is 28.6 Å². The maximum atomic E-state index is 4.25. The summed E-state index contributed by atoms with van der Waals surface area (Å²) in [6, 6.07) is 31.8. The summed E-state index contributed by atoms with van der Waals surface area (Å²) < 4.78 is 0. The van der Waals surface area contributed by atoms with Crippen LogP contribution in [0.5, 0.6) is 0 Å². The summed E-state index contributed by atoms with van der Waals surface area (Å²) in [5, 5.41) is 0. The molecule has 0 atom stereocenters. The third-order valence-electron chi connectivity index (χ3n) is 3.66. The molecule has 0 bridgehead atoms. The van der Waals surface area contributed by atoms with Crippen LogP contribution >= 0.6 is 0 Å². The van der Waals surface area contributed by atoms with E-state index in [-0.39, 0.29) is 20.1 Å². The van der Waals surface area contributed by atoms with Gasteiger partial charge in [0.15, 0.2) is 0 Å². The van der Waals surface area contributed by atoms with Crippen molar-refractivity contribution in [3.05, 3.63) is 116 Å². The van der Waals surface area contributed by atoms with Gasteiger partial charge in [0.1, 0.15) is 0 Å². The van der Waals surface area contributed by atoms with Crippen LogP contribution in [0.15, 0.2) is 97.8 Å². The zero-order valence-electron chi connectivity index (χ0n) is 14.7. The quantitative estimate of drug-likeness (QED) is 0.318. The second-order valence-electron chi connectivity index (χ2n) is 5.45. The molecule has 0 aliphatic carbocycles. The van der Waals surface area contributed by atoms with Crippen LogP contribution in [0, 0.1) is 12.1 Å². The Hall–Kier alpha value is -2.87. The predicted molar refractivity (Wildman–Crippen MR) is 107 cm³/mol. The zero-order chi connectivity index (χ0) is 18.0. The third kappa shape index (κ3) is 6.10. The first kappa shape index (κ1) is 20.4. The molecule has 1 radical (unpaired) electrons. The van der Waals surface area contributed by atoms with Crippen molar-refractivity contribution in [1.29, 1.82) is 0 Å². The zero-order valence-corrected chi connectivity index (χ0v) is 17.1. The standard InChI is InChI=1S/C13H10N.C11H8N.Ir/c1-2-11-6-8-12(9-7-11)13-5-3-4-10-14-13;1-2-6-10(7-3-1)11-8-4-5-9-12-11;/h2-8,10H,1H2;1-6,8-9H;/q2*-1;. The van der Waals surface area contributed by atoms with Gasteiger partial charge in [0.05, 0.1) is 0 Å². The van der Waals surface area contributed by atoms with Crippen molar-refractivity contribution >= 4 is 6.08 Å². The van der Waals surface area contributed by atoms with Crippen LogP contribution in [0.2, 0.25) is 0 Å². The molecule has 2 aromatic heterocycles. The Kier molecular flexibility index (Phi) is 8.31. The number of benzene rings is 2. The smallest absolute Gasteiger partial charge is 0.0160 e.